The molecule has 17 heavy (non-hydrogen) atoms. The van der Waals surface area contributed by atoms with Crippen LogP contribution < -0.4 is 0 Å². The van der Waals surface area contributed by atoms with Crippen molar-refractivity contribution in [1.82, 2.24) is 0 Å². The number of rotatable bonds is 2. The van der Waals surface area contributed by atoms with Gasteiger partial charge in [-0.15, -0.1) is 0 Å². The van der Waals surface area contributed by atoms with Gasteiger partial charge in [0.05, 0.1) is 0 Å². The predicted molar refractivity (Wildman–Crippen MR) is 66.4 cm³/mol. The fourth-order valence-corrected chi connectivity index (χ4v) is 1.25. The van der Waals surface area contributed by atoms with Crippen LogP contribution in [0.5, 0.6) is 0 Å². The normalized spacial score (nSPS) is 10.7. The first-order chi connectivity index (χ1) is 5.71. The molecule has 0 amide bonds. The van der Waals surface area contributed by atoms with E-state index in [2.05, 4.69) is 4.31 Å². The van der Waals surface area contributed by atoms with E-state index in [1.807, 2.05) is 0 Å². The third-order valence-corrected chi connectivity index (χ3v) is 1.91. The summed E-state index contributed by atoms with van der Waals surface area (Å²) >= 11 is 0. The summed E-state index contributed by atoms with van der Waals surface area (Å²) in [5, 5.41) is 0. The molecule has 0 aromatic heterocycles. The molecule has 0 rings (SSSR count). The van der Waals surface area contributed by atoms with Crippen molar-refractivity contribution in [2.24, 2.45) is 0 Å². The fraction of sp³-hybridized carbons (Fsp3) is 0. The Hall–Kier alpha value is 2.69. The maximum atomic E-state index is 9.63. The second-order valence-corrected chi connectivity index (χ2v) is 5.02. The molecule has 11 nitrogen and oxygen atoms in total. The summed E-state index contributed by atoms with van der Waals surface area (Å²) in [6.07, 6.45) is 0. The summed E-state index contributed by atoms with van der Waals surface area (Å²) in [5.41, 5.74) is 0. The third-order valence-electron chi connectivity index (χ3n) is 0.213. The Labute approximate surface area is 153 Å². The molecule has 6 N–H and O–H groups in total. The van der Waals surface area contributed by atoms with E-state index in [1.165, 1.54) is 0 Å². The van der Waals surface area contributed by atoms with Crippen molar-refractivity contribution in [3.05, 3.63) is 0 Å². The summed E-state index contributed by atoms with van der Waals surface area (Å²) in [4.78, 5) is 31.0. The molecule has 0 radical (unpaired) electrons. The van der Waals surface area contributed by atoms with Crippen molar-refractivity contribution in [2.75, 3.05) is 0 Å². The summed E-state index contributed by atoms with van der Waals surface area (Å²) in [5.74, 6) is 0. The first kappa shape index (κ1) is 31.9. The van der Waals surface area contributed by atoms with Crippen LogP contribution in [0.4, 0.5) is 0 Å². The minimum absolute atomic E-state index is 0. The SMILES string of the molecule is O=P(O)(O)OP(=O)(O)O.O=S(=O)(O)O.[AlH3].[CaH2].[MgH2]. The van der Waals surface area contributed by atoms with E-state index >= 15 is 0 Å². The van der Waals surface area contributed by atoms with E-state index in [9.17, 15) is 9.13 Å². The molecule has 0 saturated carbocycles. The number of hydrogen-bond acceptors (Lipinski definition) is 5. The average molecular weight is 374 g/mol. The van der Waals surface area contributed by atoms with Crippen LogP contribution >= 0.6 is 15.6 Å². The van der Waals surface area contributed by atoms with Crippen LogP contribution in [0.2, 0.25) is 0 Å². The summed E-state index contributed by atoms with van der Waals surface area (Å²) < 4.78 is 53.8. The molecule has 0 aromatic carbocycles. The van der Waals surface area contributed by atoms with E-state index in [0.717, 1.165) is 0 Å². The Morgan fingerprint density at radius 3 is 1.00 bits per heavy atom. The zero-order valence-corrected chi connectivity index (χ0v) is 8.63. The average Bonchev–Trinajstić information content (AvgIpc) is 1.42. The van der Waals surface area contributed by atoms with Gasteiger partial charge in [0.15, 0.2) is 17.4 Å². The van der Waals surface area contributed by atoms with E-state index in [1.54, 1.807) is 0 Å². The van der Waals surface area contributed by atoms with Crippen LogP contribution in [0.25, 0.3) is 0 Å². The summed E-state index contributed by atoms with van der Waals surface area (Å²) in [7, 11) is -14.8. The Balaban J connectivity index is -0.0000000533. The minimum Gasteiger partial charge on any atom is 0.316 e. The van der Waals surface area contributed by atoms with E-state index in [4.69, 9.17) is 37.1 Å². The third kappa shape index (κ3) is 68.9. The number of hydrogen-bond donors (Lipinski definition) is 6. The van der Waals surface area contributed by atoms with Gasteiger partial charge in [-0.05, 0) is 0 Å². The fourth-order valence-electron chi connectivity index (χ4n) is 0.139. The van der Waals surface area contributed by atoms with Gasteiger partial charge in [-0.3, -0.25) is 9.11 Å². The molecule has 0 aliphatic carbocycles. The molecule has 0 bridgehead atoms. The molecule has 0 fully saturated rings. The minimum atomic E-state index is -5.05. The molecule has 0 unspecified atom stereocenters. The van der Waals surface area contributed by atoms with Crippen molar-refractivity contribution in [2.45, 2.75) is 0 Å². The monoisotopic (exact) mass is 374 g/mol. The van der Waals surface area contributed by atoms with E-state index in [0.29, 0.717) is 0 Å². The van der Waals surface area contributed by atoms with Gasteiger partial charge in [-0.25, -0.2) is 9.13 Å². The first-order valence-corrected chi connectivity index (χ1v) is 6.69. The molecule has 0 atom stereocenters. The molecule has 0 aliphatic rings. The van der Waals surface area contributed by atoms with Gasteiger partial charge in [-0.2, -0.15) is 12.7 Å². The second kappa shape index (κ2) is 12.4. The molecule has 102 valence electrons. The molecule has 17 heteroatoms. The van der Waals surface area contributed by atoms with Crippen LogP contribution in [-0.2, 0) is 23.8 Å². The second-order valence-electron chi connectivity index (χ2n) is 1.51. The quantitative estimate of drug-likeness (QED) is 0.155. The summed E-state index contributed by atoms with van der Waals surface area (Å²) in [6, 6.07) is 0. The Morgan fingerprint density at radius 2 is 1.00 bits per heavy atom. The maximum Gasteiger partial charge on any atom is 0.316 e. The van der Waals surface area contributed by atoms with Crippen molar-refractivity contribution < 1.29 is 50.5 Å². The molecular weight excluding hydrogens is 361 g/mol. The predicted octanol–water partition coefficient (Wildman–Crippen LogP) is -4.48. The Kier molecular flexibility index (Phi) is 23.3. The van der Waals surface area contributed by atoms with Crippen LogP contribution in [0.15, 0.2) is 0 Å². The van der Waals surface area contributed by atoms with Gasteiger partial charge in [-0.1, -0.05) is 0 Å². The molecule has 0 aromatic rings. The van der Waals surface area contributed by atoms with Gasteiger partial charge >= 0.3 is 86.8 Å². The molecular formula is H13AlCaMgO11P2S. The maximum absolute atomic E-state index is 9.63. The van der Waals surface area contributed by atoms with Crippen LogP contribution in [-0.4, -0.2) is 115 Å². The molecule has 0 saturated heterocycles. The molecule has 0 aliphatic heterocycles. The van der Waals surface area contributed by atoms with Gasteiger partial charge in [0.2, 0.25) is 0 Å². The molecule has 0 heterocycles. The van der Waals surface area contributed by atoms with Crippen LogP contribution in [0.1, 0.15) is 0 Å². The standard InChI is InChI=1S/Al.Ca.Mg.H4O7P2.H2O4S.7H/c;;;1-8(2,3)7-9(4,5)6;1-5(2,3)4;;;;;;;/h;;;(H2,1,2,3)(H2,4,5,6);(H2,1,2,3,4);;;;;;;. The van der Waals surface area contributed by atoms with Gasteiger partial charge < -0.3 is 19.6 Å². The van der Waals surface area contributed by atoms with Crippen molar-refractivity contribution >= 4 is 104 Å². The van der Waals surface area contributed by atoms with Crippen molar-refractivity contribution in [1.29, 1.82) is 0 Å². The molecule has 0 spiro atoms. The Bertz CT molecular complexity index is 324. The zero-order valence-electron chi connectivity index (χ0n) is 6.03. The zero-order chi connectivity index (χ0) is 12.2. The topological polar surface area (TPSA) is 199 Å². The van der Waals surface area contributed by atoms with Crippen molar-refractivity contribution in [3.8, 4) is 0 Å². The summed E-state index contributed by atoms with van der Waals surface area (Å²) in [6.45, 7) is 0. The Morgan fingerprint density at radius 1 is 0.882 bits per heavy atom. The van der Waals surface area contributed by atoms with E-state index < -0.39 is 26.0 Å². The van der Waals surface area contributed by atoms with Crippen LogP contribution in [0, 0.1) is 0 Å². The van der Waals surface area contributed by atoms with Gasteiger partial charge in [0, 0.05) is 0 Å². The number of phosphoric acid groups is 2. The smallest absolute Gasteiger partial charge is 0.316 e. The van der Waals surface area contributed by atoms with Crippen LogP contribution in [0.3, 0.4) is 0 Å². The first-order valence-electron chi connectivity index (χ1n) is 2.23. The largest absolute Gasteiger partial charge is 0.316 e. The van der Waals surface area contributed by atoms with Crippen molar-refractivity contribution in [3.63, 3.8) is 0 Å². The van der Waals surface area contributed by atoms with E-state index in [-0.39, 0.29) is 78.2 Å². The van der Waals surface area contributed by atoms with Gasteiger partial charge in [0.25, 0.3) is 0 Å². The van der Waals surface area contributed by atoms with Gasteiger partial charge in [0.1, 0.15) is 0 Å².